The van der Waals surface area contributed by atoms with Crippen LogP contribution >= 0.6 is 31.9 Å². The van der Waals surface area contributed by atoms with Crippen molar-refractivity contribution in [1.82, 2.24) is 0 Å². The van der Waals surface area contributed by atoms with Crippen molar-refractivity contribution in [3.63, 3.8) is 0 Å². The minimum atomic E-state index is -0.506. The summed E-state index contributed by atoms with van der Waals surface area (Å²) in [4.78, 5) is 20.6. The number of nitrogens with zero attached hydrogens (tertiary/aromatic N) is 1. The van der Waals surface area contributed by atoms with Crippen LogP contribution in [0.25, 0.3) is 0 Å². The first-order valence-corrected chi connectivity index (χ1v) is 5.49. The summed E-state index contributed by atoms with van der Waals surface area (Å²) < 4.78 is 0.561. The Labute approximate surface area is 96.7 Å². The van der Waals surface area contributed by atoms with Gasteiger partial charge in [0.15, 0.2) is 0 Å². The Morgan fingerprint density at radius 2 is 2.14 bits per heavy atom. The molecule has 0 spiro atoms. The molecule has 0 aliphatic rings. The Kier molecular flexibility index (Phi) is 3.77. The van der Waals surface area contributed by atoms with Gasteiger partial charge in [-0.3, -0.25) is 14.9 Å². The summed E-state index contributed by atoms with van der Waals surface area (Å²) in [5.41, 5.74) is 0.757. The normalized spacial score (nSPS) is 9.86. The SMILES string of the molecule is O=Cc1cc(Br)c(CBr)c([N+](=O)[O-])c1. The number of benzene rings is 1. The Bertz CT molecular complexity index is 392. The Morgan fingerprint density at radius 3 is 2.57 bits per heavy atom. The fourth-order valence-corrected chi connectivity index (χ4v) is 2.58. The van der Waals surface area contributed by atoms with Gasteiger partial charge in [-0.2, -0.15) is 0 Å². The number of carbonyl (C=O) groups excluding carboxylic acids is 1. The van der Waals surface area contributed by atoms with Gasteiger partial charge < -0.3 is 0 Å². The fraction of sp³-hybridized carbons (Fsp3) is 0.125. The second-order valence-electron chi connectivity index (χ2n) is 2.51. The second kappa shape index (κ2) is 4.65. The van der Waals surface area contributed by atoms with Crippen LogP contribution in [0.15, 0.2) is 16.6 Å². The third kappa shape index (κ3) is 2.19. The van der Waals surface area contributed by atoms with Gasteiger partial charge in [-0.25, -0.2) is 0 Å². The van der Waals surface area contributed by atoms with Crippen molar-refractivity contribution >= 4 is 43.8 Å². The van der Waals surface area contributed by atoms with Crippen LogP contribution in [0.3, 0.4) is 0 Å². The summed E-state index contributed by atoms with van der Waals surface area (Å²) in [6.07, 6.45) is 0.579. The molecule has 4 nitrogen and oxygen atoms in total. The monoisotopic (exact) mass is 321 g/mol. The largest absolute Gasteiger partial charge is 0.298 e. The zero-order chi connectivity index (χ0) is 10.7. The van der Waals surface area contributed by atoms with Gasteiger partial charge in [0.05, 0.1) is 10.5 Å². The van der Waals surface area contributed by atoms with Gasteiger partial charge in [-0.05, 0) is 6.07 Å². The molecule has 0 N–H and O–H groups in total. The topological polar surface area (TPSA) is 60.2 Å². The van der Waals surface area contributed by atoms with Gasteiger partial charge in [0.1, 0.15) is 6.29 Å². The first-order valence-electron chi connectivity index (χ1n) is 3.58. The summed E-state index contributed by atoms with van der Waals surface area (Å²) >= 11 is 6.33. The summed E-state index contributed by atoms with van der Waals surface area (Å²) in [5.74, 6) is 0. The summed E-state index contributed by atoms with van der Waals surface area (Å²) in [5, 5.41) is 11.0. The molecule has 1 aromatic carbocycles. The maximum atomic E-state index is 10.6. The summed E-state index contributed by atoms with van der Waals surface area (Å²) in [6.45, 7) is 0. The molecule has 0 aliphatic carbocycles. The molecule has 0 aliphatic heterocycles. The molecule has 0 atom stereocenters. The maximum Gasteiger partial charge on any atom is 0.275 e. The zero-order valence-corrected chi connectivity index (χ0v) is 10.0. The van der Waals surface area contributed by atoms with Crippen LogP contribution in [-0.2, 0) is 5.33 Å². The lowest BCUT2D eigenvalue weighted by atomic mass is 10.1. The number of aldehydes is 1. The van der Waals surface area contributed by atoms with Gasteiger partial charge in [-0.15, -0.1) is 0 Å². The molecule has 14 heavy (non-hydrogen) atoms. The van der Waals surface area contributed by atoms with Crippen molar-refractivity contribution in [2.75, 3.05) is 0 Å². The number of hydrogen-bond acceptors (Lipinski definition) is 3. The van der Waals surface area contributed by atoms with E-state index in [1.54, 1.807) is 6.07 Å². The molecular weight excluding hydrogens is 318 g/mol. The van der Waals surface area contributed by atoms with E-state index >= 15 is 0 Å². The molecule has 1 aromatic rings. The number of halogens is 2. The van der Waals surface area contributed by atoms with Gasteiger partial charge in [0.25, 0.3) is 5.69 Å². The van der Waals surface area contributed by atoms with E-state index in [0.29, 0.717) is 21.7 Å². The molecular formula is C8H5Br2NO3. The summed E-state index contributed by atoms with van der Waals surface area (Å²) in [7, 11) is 0. The molecule has 0 aromatic heterocycles. The second-order valence-corrected chi connectivity index (χ2v) is 3.92. The van der Waals surface area contributed by atoms with Gasteiger partial charge >= 0.3 is 0 Å². The van der Waals surface area contributed by atoms with Crippen molar-refractivity contribution in [1.29, 1.82) is 0 Å². The lowest BCUT2D eigenvalue weighted by Crippen LogP contribution is -1.96. The van der Waals surface area contributed by atoms with Gasteiger partial charge in [-0.1, -0.05) is 31.9 Å². The number of carbonyl (C=O) groups is 1. The number of nitro benzene ring substituents is 1. The Hall–Kier alpha value is -0.750. The fourth-order valence-electron chi connectivity index (χ4n) is 1.01. The zero-order valence-electron chi connectivity index (χ0n) is 6.87. The summed E-state index contributed by atoms with van der Waals surface area (Å²) in [6, 6.07) is 2.81. The highest BCUT2D eigenvalue weighted by Gasteiger charge is 2.17. The number of hydrogen-bond donors (Lipinski definition) is 0. The van der Waals surface area contributed by atoms with Crippen LogP contribution in [0, 0.1) is 10.1 Å². The quantitative estimate of drug-likeness (QED) is 0.372. The van der Waals surface area contributed by atoms with Crippen molar-refractivity contribution in [3.8, 4) is 0 Å². The van der Waals surface area contributed by atoms with Crippen molar-refractivity contribution in [3.05, 3.63) is 37.8 Å². The highest BCUT2D eigenvalue weighted by molar-refractivity contribution is 9.10. The number of nitro groups is 1. The van der Waals surface area contributed by atoms with Crippen molar-refractivity contribution in [2.45, 2.75) is 5.33 Å². The number of alkyl halides is 1. The van der Waals surface area contributed by atoms with Gasteiger partial charge in [0, 0.05) is 21.4 Å². The first kappa shape index (κ1) is 11.3. The average molecular weight is 323 g/mol. The van der Waals surface area contributed by atoms with Crippen LogP contribution in [-0.4, -0.2) is 11.2 Å². The molecule has 0 saturated carbocycles. The van der Waals surface area contributed by atoms with E-state index in [1.807, 2.05) is 0 Å². The molecule has 0 unspecified atom stereocenters. The highest BCUT2D eigenvalue weighted by Crippen LogP contribution is 2.30. The average Bonchev–Trinajstić information content (AvgIpc) is 2.16. The molecule has 0 radical (unpaired) electrons. The van der Waals surface area contributed by atoms with E-state index in [-0.39, 0.29) is 11.3 Å². The van der Waals surface area contributed by atoms with Crippen LogP contribution in [0.2, 0.25) is 0 Å². The van der Waals surface area contributed by atoms with E-state index in [4.69, 9.17) is 0 Å². The molecule has 0 amide bonds. The van der Waals surface area contributed by atoms with E-state index in [9.17, 15) is 14.9 Å². The van der Waals surface area contributed by atoms with Crippen LogP contribution in [0.5, 0.6) is 0 Å². The van der Waals surface area contributed by atoms with E-state index in [1.165, 1.54) is 6.07 Å². The standard InChI is InChI=1S/C8H5Br2NO3/c9-3-6-7(10)1-5(4-12)2-8(6)11(13)14/h1-2,4H,3H2. The molecule has 1 rings (SSSR count). The lowest BCUT2D eigenvalue weighted by molar-refractivity contribution is -0.385. The van der Waals surface area contributed by atoms with Crippen molar-refractivity contribution in [2.24, 2.45) is 0 Å². The first-order chi connectivity index (χ1) is 6.60. The van der Waals surface area contributed by atoms with Crippen molar-refractivity contribution < 1.29 is 9.72 Å². The number of rotatable bonds is 3. The molecule has 6 heteroatoms. The van der Waals surface area contributed by atoms with Crippen LogP contribution in [0.1, 0.15) is 15.9 Å². The molecule has 0 heterocycles. The van der Waals surface area contributed by atoms with E-state index in [0.717, 1.165) is 0 Å². The minimum absolute atomic E-state index is 0.0571. The predicted octanol–water partition coefficient (Wildman–Crippen LogP) is 3.06. The molecule has 0 saturated heterocycles. The van der Waals surface area contributed by atoms with Crippen LogP contribution in [0.4, 0.5) is 5.69 Å². The Morgan fingerprint density at radius 1 is 1.50 bits per heavy atom. The highest BCUT2D eigenvalue weighted by atomic mass is 79.9. The molecule has 0 fully saturated rings. The maximum absolute atomic E-state index is 10.6. The van der Waals surface area contributed by atoms with Crippen LogP contribution < -0.4 is 0 Å². The Balaban J connectivity index is 3.42. The van der Waals surface area contributed by atoms with E-state index in [2.05, 4.69) is 31.9 Å². The lowest BCUT2D eigenvalue weighted by Gasteiger charge is -2.02. The molecule has 0 bridgehead atoms. The van der Waals surface area contributed by atoms with E-state index < -0.39 is 4.92 Å². The molecule has 74 valence electrons. The minimum Gasteiger partial charge on any atom is -0.298 e. The third-order valence-electron chi connectivity index (χ3n) is 1.66. The predicted molar refractivity (Wildman–Crippen MR) is 58.8 cm³/mol. The smallest absolute Gasteiger partial charge is 0.275 e. The van der Waals surface area contributed by atoms with Gasteiger partial charge in [0.2, 0.25) is 0 Å². The third-order valence-corrected chi connectivity index (χ3v) is 2.93.